The molecule has 1 fully saturated rings. The topological polar surface area (TPSA) is 72.2 Å². The van der Waals surface area contributed by atoms with Crippen LogP contribution >= 0.6 is 0 Å². The molecule has 0 spiro atoms. The molecule has 4 rings (SSSR count). The normalized spacial score (nSPS) is 15.6. The van der Waals surface area contributed by atoms with Gasteiger partial charge in [0.05, 0.1) is 6.20 Å². The lowest BCUT2D eigenvalue weighted by Crippen LogP contribution is -2.32. The molecule has 0 unspecified atom stereocenters. The van der Waals surface area contributed by atoms with Crippen LogP contribution in [0.25, 0.3) is 21.8 Å². The van der Waals surface area contributed by atoms with E-state index in [2.05, 4.69) is 15.3 Å². The highest BCUT2D eigenvalue weighted by Gasteiger charge is 2.17. The summed E-state index contributed by atoms with van der Waals surface area (Å²) in [4.78, 5) is 27.8. The van der Waals surface area contributed by atoms with E-state index in [1.165, 1.54) is 43.5 Å². The van der Waals surface area contributed by atoms with Crippen molar-refractivity contribution < 1.29 is 4.79 Å². The van der Waals surface area contributed by atoms with Gasteiger partial charge in [-0.25, -0.2) is 4.68 Å². The van der Waals surface area contributed by atoms with Gasteiger partial charge in [-0.1, -0.05) is 31.0 Å². The van der Waals surface area contributed by atoms with Gasteiger partial charge in [-0.15, -0.1) is 0 Å². The van der Waals surface area contributed by atoms with Gasteiger partial charge < -0.3 is 14.8 Å². The Bertz CT molecular complexity index is 1060. The summed E-state index contributed by atoms with van der Waals surface area (Å²) >= 11 is 0. The molecule has 0 atom stereocenters. The third-order valence-corrected chi connectivity index (χ3v) is 5.84. The van der Waals surface area contributed by atoms with Gasteiger partial charge in [-0.2, -0.15) is 5.10 Å². The third-order valence-electron chi connectivity index (χ3n) is 5.84. The predicted octanol–water partition coefficient (Wildman–Crippen LogP) is 2.27. The number of aromatic nitrogens is 3. The second-order valence-electron chi connectivity index (χ2n) is 7.90. The summed E-state index contributed by atoms with van der Waals surface area (Å²) < 4.78 is 3.13. The molecule has 1 aromatic carbocycles. The molecule has 3 heterocycles. The summed E-state index contributed by atoms with van der Waals surface area (Å²) in [5, 5.41) is 8.91. The Labute approximate surface area is 170 Å². The van der Waals surface area contributed by atoms with Crippen LogP contribution in [-0.4, -0.2) is 51.3 Å². The van der Waals surface area contributed by atoms with Crippen LogP contribution in [0.5, 0.6) is 0 Å². The second kappa shape index (κ2) is 8.78. The Kier molecular flexibility index (Phi) is 5.94. The fraction of sp³-hybridized carbons (Fsp3) is 0.500. The molecule has 3 aromatic rings. The summed E-state index contributed by atoms with van der Waals surface area (Å²) in [6, 6.07) is 7.77. The minimum atomic E-state index is -0.187. The van der Waals surface area contributed by atoms with E-state index >= 15 is 0 Å². The summed E-state index contributed by atoms with van der Waals surface area (Å²) in [7, 11) is 1.63. The summed E-state index contributed by atoms with van der Waals surface area (Å²) in [6.07, 6.45) is 7.88. The molecule has 2 aromatic heterocycles. The second-order valence-corrected chi connectivity index (χ2v) is 7.90. The molecule has 1 aliphatic heterocycles. The summed E-state index contributed by atoms with van der Waals surface area (Å²) in [6.45, 7) is 4.17. The molecule has 7 heteroatoms. The first-order valence-electron chi connectivity index (χ1n) is 10.6. The number of amides is 1. The molecule has 0 radical (unpaired) electrons. The number of carbonyl (C=O) groups excluding carboxylic acids is 1. The van der Waals surface area contributed by atoms with Gasteiger partial charge in [-0.3, -0.25) is 9.59 Å². The fourth-order valence-corrected chi connectivity index (χ4v) is 4.30. The van der Waals surface area contributed by atoms with Crippen LogP contribution in [0, 0.1) is 0 Å². The molecule has 154 valence electrons. The van der Waals surface area contributed by atoms with Gasteiger partial charge in [-0.05, 0) is 45.0 Å². The largest absolute Gasteiger partial charge is 0.355 e. The number of aryl methyl sites for hydroxylation is 1. The van der Waals surface area contributed by atoms with E-state index in [9.17, 15) is 9.59 Å². The predicted molar refractivity (Wildman–Crippen MR) is 115 cm³/mol. The Morgan fingerprint density at radius 1 is 1.10 bits per heavy atom. The van der Waals surface area contributed by atoms with E-state index < -0.39 is 0 Å². The third kappa shape index (κ3) is 4.19. The first-order chi connectivity index (χ1) is 14.1. The Morgan fingerprint density at radius 2 is 1.86 bits per heavy atom. The van der Waals surface area contributed by atoms with Crippen molar-refractivity contribution in [3.63, 3.8) is 0 Å². The Balaban J connectivity index is 1.45. The number of likely N-dealkylation sites (tertiary alicyclic amines) is 1. The van der Waals surface area contributed by atoms with Crippen molar-refractivity contribution in [1.29, 1.82) is 0 Å². The lowest BCUT2D eigenvalue weighted by molar-refractivity contribution is -0.121. The number of para-hydroxylation sites is 1. The number of hydrogen-bond donors (Lipinski definition) is 1. The van der Waals surface area contributed by atoms with E-state index in [-0.39, 0.29) is 18.0 Å². The van der Waals surface area contributed by atoms with E-state index in [1.807, 2.05) is 28.8 Å². The van der Waals surface area contributed by atoms with Gasteiger partial charge in [0, 0.05) is 29.9 Å². The van der Waals surface area contributed by atoms with Crippen LogP contribution in [0.4, 0.5) is 0 Å². The van der Waals surface area contributed by atoms with Crippen molar-refractivity contribution in [2.24, 2.45) is 7.05 Å². The molecule has 1 saturated heterocycles. The summed E-state index contributed by atoms with van der Waals surface area (Å²) in [5.41, 5.74) is 1.23. The number of rotatable bonds is 6. The number of hydrogen-bond acceptors (Lipinski definition) is 4. The first kappa shape index (κ1) is 19.6. The lowest BCUT2D eigenvalue weighted by atomic mass is 10.2. The van der Waals surface area contributed by atoms with Crippen molar-refractivity contribution in [2.75, 3.05) is 26.2 Å². The van der Waals surface area contributed by atoms with Crippen LogP contribution in [0.3, 0.4) is 0 Å². The van der Waals surface area contributed by atoms with Crippen molar-refractivity contribution in [2.45, 2.75) is 38.6 Å². The highest BCUT2D eigenvalue weighted by Crippen LogP contribution is 2.25. The highest BCUT2D eigenvalue weighted by molar-refractivity contribution is 6.07. The average Bonchev–Trinajstić information content (AvgIpc) is 2.86. The number of benzene rings is 1. The maximum atomic E-state index is 12.7. The minimum Gasteiger partial charge on any atom is -0.355 e. The molecular formula is C22H29N5O2. The van der Waals surface area contributed by atoms with Gasteiger partial charge in [0.1, 0.15) is 12.1 Å². The molecule has 0 aliphatic carbocycles. The molecule has 29 heavy (non-hydrogen) atoms. The van der Waals surface area contributed by atoms with Crippen LogP contribution in [0.2, 0.25) is 0 Å². The molecule has 1 aliphatic rings. The molecule has 0 saturated carbocycles. The average molecular weight is 396 g/mol. The fourth-order valence-electron chi connectivity index (χ4n) is 4.30. The monoisotopic (exact) mass is 395 g/mol. The van der Waals surface area contributed by atoms with Crippen molar-refractivity contribution in [3.05, 3.63) is 40.8 Å². The zero-order chi connectivity index (χ0) is 20.2. The van der Waals surface area contributed by atoms with Crippen molar-refractivity contribution >= 4 is 27.7 Å². The van der Waals surface area contributed by atoms with Gasteiger partial charge in [0.25, 0.3) is 5.56 Å². The van der Waals surface area contributed by atoms with Gasteiger partial charge in [0.15, 0.2) is 0 Å². The number of fused-ring (bicyclic) bond motifs is 3. The molecule has 7 nitrogen and oxygen atoms in total. The molecule has 1 amide bonds. The van der Waals surface area contributed by atoms with Crippen LogP contribution in [0.1, 0.15) is 32.1 Å². The minimum absolute atomic E-state index is 0.0672. The zero-order valence-electron chi connectivity index (χ0n) is 17.1. The molecule has 1 N–H and O–H groups in total. The number of carbonyl (C=O) groups is 1. The van der Waals surface area contributed by atoms with Crippen molar-refractivity contribution in [1.82, 2.24) is 24.6 Å². The molecular weight excluding hydrogens is 366 g/mol. The smallest absolute Gasteiger partial charge is 0.291 e. The standard InChI is InChI=1S/C22H29N5O2/c1-25-22(29)21-18(15-24-25)17-9-4-5-10-19(17)27(21)16-20(28)23-11-8-14-26-12-6-2-3-7-13-26/h4-5,9-10,15H,2-3,6-8,11-14,16H2,1H3,(H,23,28). The quantitative estimate of drug-likeness (QED) is 0.650. The van der Waals surface area contributed by atoms with Gasteiger partial charge in [0.2, 0.25) is 5.91 Å². The van der Waals surface area contributed by atoms with E-state index in [1.54, 1.807) is 13.2 Å². The van der Waals surface area contributed by atoms with Crippen LogP contribution in [-0.2, 0) is 18.4 Å². The Hall–Kier alpha value is -2.67. The SMILES string of the molecule is Cn1ncc2c3ccccc3n(CC(=O)NCCCN3CCCCCC3)c2c1=O. The van der Waals surface area contributed by atoms with Crippen molar-refractivity contribution in [3.8, 4) is 0 Å². The number of nitrogens with one attached hydrogen (secondary N) is 1. The first-order valence-corrected chi connectivity index (χ1v) is 10.6. The van der Waals surface area contributed by atoms with E-state index in [0.29, 0.717) is 12.1 Å². The van der Waals surface area contributed by atoms with Gasteiger partial charge >= 0.3 is 0 Å². The zero-order valence-corrected chi connectivity index (χ0v) is 17.1. The number of nitrogens with zero attached hydrogens (tertiary/aromatic N) is 4. The van der Waals surface area contributed by atoms with Crippen LogP contribution in [0.15, 0.2) is 35.3 Å². The lowest BCUT2D eigenvalue weighted by Gasteiger charge is -2.19. The summed E-state index contributed by atoms with van der Waals surface area (Å²) in [5.74, 6) is -0.0672. The molecule has 0 bridgehead atoms. The van der Waals surface area contributed by atoms with E-state index in [4.69, 9.17) is 0 Å². The maximum absolute atomic E-state index is 12.7. The van der Waals surface area contributed by atoms with E-state index in [0.717, 1.165) is 29.3 Å². The Morgan fingerprint density at radius 3 is 2.66 bits per heavy atom. The van der Waals surface area contributed by atoms with Crippen LogP contribution < -0.4 is 10.9 Å². The maximum Gasteiger partial charge on any atom is 0.291 e. The highest BCUT2D eigenvalue weighted by atomic mass is 16.2.